The summed E-state index contributed by atoms with van der Waals surface area (Å²) in [5, 5.41) is 0. The molecule has 0 aromatic rings. The van der Waals surface area contributed by atoms with Gasteiger partial charge in [-0.25, -0.2) is 0 Å². The predicted octanol–water partition coefficient (Wildman–Crippen LogP) is 5.93. The van der Waals surface area contributed by atoms with Gasteiger partial charge in [-0.1, -0.05) is 57.6 Å². The summed E-state index contributed by atoms with van der Waals surface area (Å²) in [5.41, 5.74) is 0. The van der Waals surface area contributed by atoms with Crippen molar-refractivity contribution < 1.29 is 4.79 Å². The maximum Gasteiger partial charge on any atom is 0.123 e. The van der Waals surface area contributed by atoms with Crippen LogP contribution in [0.5, 0.6) is 0 Å². The molecule has 0 N–H and O–H groups in total. The van der Waals surface area contributed by atoms with E-state index in [4.69, 9.17) is 0 Å². The minimum absolute atomic E-state index is 0.355. The highest BCUT2D eigenvalue weighted by Crippen LogP contribution is 2.34. The van der Waals surface area contributed by atoms with Crippen LogP contribution in [0.3, 0.4) is 0 Å². The monoisotopic (exact) mass is 290 g/mol. The molecule has 1 nitrogen and oxygen atoms in total. The smallest absolute Gasteiger partial charge is 0.123 e. The molecule has 0 bridgehead atoms. The lowest BCUT2D eigenvalue weighted by Crippen LogP contribution is -2.14. The molecule has 1 heteroatoms. The summed E-state index contributed by atoms with van der Waals surface area (Å²) in [6.07, 6.45) is 22.1. The minimum Gasteiger partial charge on any atom is -0.303 e. The summed E-state index contributed by atoms with van der Waals surface area (Å²) in [6, 6.07) is 0. The summed E-state index contributed by atoms with van der Waals surface area (Å²) in [6.45, 7) is 2.32. The van der Waals surface area contributed by atoms with Crippen molar-refractivity contribution >= 4 is 6.29 Å². The molecule has 0 unspecified atom stereocenters. The zero-order valence-corrected chi connectivity index (χ0v) is 13.9. The Morgan fingerprint density at radius 3 is 1.95 bits per heavy atom. The van der Waals surface area contributed by atoms with Crippen molar-refractivity contribution in [1.29, 1.82) is 0 Å². The molecule has 0 aromatic heterocycles. The summed E-state index contributed by atoms with van der Waals surface area (Å²) in [7, 11) is 0. The quantitative estimate of drug-likeness (QED) is 0.419. The Morgan fingerprint density at radius 1 is 0.810 bits per heavy atom. The highest BCUT2D eigenvalue weighted by molar-refractivity contribution is 5.53. The van der Waals surface area contributed by atoms with Crippen molar-refractivity contribution in [2.75, 3.05) is 0 Å². The number of carbonyl (C=O) groups is 1. The Morgan fingerprint density at radius 2 is 1.38 bits per heavy atom. The maximum absolute atomic E-state index is 10.7. The first-order valence-electron chi connectivity index (χ1n) is 9.43. The molecule has 0 saturated heterocycles. The fourth-order valence-electron chi connectivity index (χ4n) is 4.31. The van der Waals surface area contributed by atoms with Crippen LogP contribution in [-0.4, -0.2) is 6.29 Å². The van der Waals surface area contributed by atoms with E-state index in [2.05, 4.69) is 19.1 Å². The number of hydrogen-bond acceptors (Lipinski definition) is 1. The largest absolute Gasteiger partial charge is 0.303 e. The third-order valence-corrected chi connectivity index (χ3v) is 5.82. The molecule has 21 heavy (non-hydrogen) atoms. The maximum atomic E-state index is 10.7. The van der Waals surface area contributed by atoms with Gasteiger partial charge in [0.1, 0.15) is 6.29 Å². The van der Waals surface area contributed by atoms with E-state index < -0.39 is 0 Å². The van der Waals surface area contributed by atoms with Crippen molar-refractivity contribution in [1.82, 2.24) is 0 Å². The van der Waals surface area contributed by atoms with E-state index in [1.165, 1.54) is 64.2 Å². The van der Waals surface area contributed by atoms with Crippen LogP contribution in [0.1, 0.15) is 84.0 Å². The summed E-state index contributed by atoms with van der Waals surface area (Å²) >= 11 is 0. The van der Waals surface area contributed by atoms with Crippen molar-refractivity contribution in [3.8, 4) is 0 Å². The van der Waals surface area contributed by atoms with Crippen LogP contribution < -0.4 is 0 Å². The van der Waals surface area contributed by atoms with Gasteiger partial charge in [-0.3, -0.25) is 0 Å². The highest BCUT2D eigenvalue weighted by Gasteiger charge is 2.20. The first-order chi connectivity index (χ1) is 10.3. The van der Waals surface area contributed by atoms with E-state index in [0.717, 1.165) is 36.9 Å². The fraction of sp³-hybridized carbons (Fsp3) is 0.850. The Bertz CT molecular complexity index is 304. The van der Waals surface area contributed by atoms with Crippen LogP contribution in [-0.2, 0) is 4.79 Å². The third kappa shape index (κ3) is 5.96. The van der Waals surface area contributed by atoms with Gasteiger partial charge in [0.05, 0.1) is 0 Å². The van der Waals surface area contributed by atoms with E-state index in [9.17, 15) is 4.79 Å². The number of allylic oxidation sites excluding steroid dienone is 2. The van der Waals surface area contributed by atoms with E-state index >= 15 is 0 Å². The minimum atomic E-state index is 0.355. The Balaban J connectivity index is 1.55. The second kappa shape index (κ2) is 9.43. The van der Waals surface area contributed by atoms with Gasteiger partial charge in [0.2, 0.25) is 0 Å². The van der Waals surface area contributed by atoms with Crippen molar-refractivity contribution in [2.24, 2.45) is 23.7 Å². The molecule has 2 saturated carbocycles. The second-order valence-electron chi connectivity index (χ2n) is 7.49. The lowest BCUT2D eigenvalue weighted by molar-refractivity contribution is -0.112. The molecule has 2 fully saturated rings. The predicted molar refractivity (Wildman–Crippen MR) is 90.2 cm³/mol. The normalized spacial score (nSPS) is 34.1. The van der Waals surface area contributed by atoms with Gasteiger partial charge in [-0.15, -0.1) is 0 Å². The zero-order valence-electron chi connectivity index (χ0n) is 13.9. The van der Waals surface area contributed by atoms with Gasteiger partial charge in [-0.2, -0.15) is 0 Å². The zero-order chi connectivity index (χ0) is 14.9. The van der Waals surface area contributed by atoms with Crippen LogP contribution in [0.4, 0.5) is 0 Å². The van der Waals surface area contributed by atoms with Crippen LogP contribution in [0.2, 0.25) is 0 Å². The fourth-order valence-corrected chi connectivity index (χ4v) is 4.31. The average Bonchev–Trinajstić information content (AvgIpc) is 2.54. The Kier molecular flexibility index (Phi) is 7.53. The number of carbonyl (C=O) groups excluding carboxylic acids is 1. The molecule has 2 rings (SSSR count). The SMILES string of the molecule is CCCC1CCC(CCC=CC2CCC(C=O)CC2)CC1. The van der Waals surface area contributed by atoms with Crippen LogP contribution in [0, 0.1) is 23.7 Å². The topological polar surface area (TPSA) is 17.1 Å². The van der Waals surface area contributed by atoms with Gasteiger partial charge >= 0.3 is 0 Å². The first kappa shape index (κ1) is 16.8. The van der Waals surface area contributed by atoms with Crippen LogP contribution in [0.25, 0.3) is 0 Å². The van der Waals surface area contributed by atoms with Crippen molar-refractivity contribution in [3.05, 3.63) is 12.2 Å². The molecular weight excluding hydrogens is 256 g/mol. The molecule has 0 radical (unpaired) electrons. The average molecular weight is 290 g/mol. The molecule has 0 atom stereocenters. The molecule has 0 aromatic carbocycles. The van der Waals surface area contributed by atoms with E-state index in [1.807, 2.05) is 0 Å². The van der Waals surface area contributed by atoms with Gasteiger partial charge in [-0.05, 0) is 56.3 Å². The lowest BCUT2D eigenvalue weighted by Gasteiger charge is -2.28. The lowest BCUT2D eigenvalue weighted by atomic mass is 9.78. The van der Waals surface area contributed by atoms with E-state index in [1.54, 1.807) is 0 Å². The first-order valence-corrected chi connectivity index (χ1v) is 9.43. The van der Waals surface area contributed by atoms with Crippen LogP contribution in [0.15, 0.2) is 12.2 Å². The number of hydrogen-bond donors (Lipinski definition) is 0. The van der Waals surface area contributed by atoms with Crippen molar-refractivity contribution in [2.45, 2.75) is 84.0 Å². The molecular formula is C20H34O. The van der Waals surface area contributed by atoms with Gasteiger partial charge in [0.15, 0.2) is 0 Å². The van der Waals surface area contributed by atoms with Gasteiger partial charge < -0.3 is 4.79 Å². The van der Waals surface area contributed by atoms with E-state index in [0.29, 0.717) is 5.92 Å². The second-order valence-corrected chi connectivity index (χ2v) is 7.49. The highest BCUT2D eigenvalue weighted by atomic mass is 16.1. The molecule has 120 valence electrons. The Hall–Kier alpha value is -0.590. The molecule has 0 aliphatic heterocycles. The number of rotatable bonds is 7. The van der Waals surface area contributed by atoms with Gasteiger partial charge in [0, 0.05) is 5.92 Å². The van der Waals surface area contributed by atoms with Crippen LogP contribution >= 0.6 is 0 Å². The molecule has 2 aliphatic rings. The van der Waals surface area contributed by atoms with E-state index in [-0.39, 0.29) is 0 Å². The summed E-state index contributed by atoms with van der Waals surface area (Å²) in [4.78, 5) is 10.7. The van der Waals surface area contributed by atoms with Crippen molar-refractivity contribution in [3.63, 3.8) is 0 Å². The molecule has 0 amide bonds. The molecule has 0 heterocycles. The third-order valence-electron chi connectivity index (χ3n) is 5.82. The summed E-state index contributed by atoms with van der Waals surface area (Å²) < 4.78 is 0. The number of aldehydes is 1. The van der Waals surface area contributed by atoms with Gasteiger partial charge in [0.25, 0.3) is 0 Å². The molecule has 2 aliphatic carbocycles. The summed E-state index contributed by atoms with van der Waals surface area (Å²) in [5.74, 6) is 3.14. The standard InChI is InChI=1S/C20H34O/c1-2-5-17-8-10-18(11-9-17)6-3-4-7-19-12-14-20(16-21)15-13-19/h4,7,16-20H,2-3,5-6,8-15H2,1H3. The molecule has 0 spiro atoms. The Labute approximate surface area is 131 Å².